The van der Waals surface area contributed by atoms with E-state index in [0.717, 1.165) is 69.4 Å². The van der Waals surface area contributed by atoms with E-state index in [1.807, 2.05) is 17.1 Å². The largest absolute Gasteiger partial charge is 0.468 e. The first-order chi connectivity index (χ1) is 25.4. The number of carbonyl (C=O) groups is 2. The lowest BCUT2D eigenvalue weighted by molar-refractivity contribution is -0.139. The molecule has 5 atom stereocenters. The highest BCUT2D eigenvalue weighted by atomic mass is 31.2. The standard InChI is InChI=1S/C38H56FN4O9P/c1-4-5-6-7-8-9-10-11-12-13-14-15-16-17-18-19-20-21-22-24-32(44)40-26-23-28-53(49,41-29-34(46)50-3)51-30-31-35(47)38(2,39)36(52-31)43-27-25-33(45)42-37(43)48/h5-6,8-9,11-12,14-15,17-18,20-21,25,27,31,35-36,47H,4,7,10,13,16,19,22-24,26,28-30H2,1-3H3,(H,40,44)(H,41,49)(H,42,45,48)/b6-5-,9-8-,12-11-,15-14-,18-17-,21-20-/t31-,35-,36?,38-,53?/m1/s1. The number of amides is 1. The van der Waals surface area contributed by atoms with Crippen LogP contribution < -0.4 is 21.7 Å². The van der Waals surface area contributed by atoms with E-state index in [1.54, 1.807) is 0 Å². The first-order valence-corrected chi connectivity index (χ1v) is 19.8. The number of ether oxygens (including phenoxy) is 2. The van der Waals surface area contributed by atoms with E-state index in [1.165, 1.54) is 0 Å². The number of alkyl halides is 1. The highest BCUT2D eigenvalue weighted by molar-refractivity contribution is 7.56. The Bertz CT molecular complexity index is 1610. The van der Waals surface area contributed by atoms with Crippen LogP contribution in [0.15, 0.2) is 94.8 Å². The van der Waals surface area contributed by atoms with Gasteiger partial charge in [-0.1, -0.05) is 79.8 Å². The summed E-state index contributed by atoms with van der Waals surface area (Å²) in [5, 5.41) is 15.9. The second-order valence-corrected chi connectivity index (χ2v) is 14.8. The van der Waals surface area contributed by atoms with Crippen molar-refractivity contribution in [3.63, 3.8) is 0 Å². The van der Waals surface area contributed by atoms with E-state index in [0.29, 0.717) is 6.42 Å². The second-order valence-electron chi connectivity index (χ2n) is 12.4. The van der Waals surface area contributed by atoms with Gasteiger partial charge in [0, 0.05) is 31.4 Å². The molecule has 0 radical (unpaired) electrons. The van der Waals surface area contributed by atoms with Gasteiger partial charge in [-0.25, -0.2) is 14.3 Å². The van der Waals surface area contributed by atoms with Crippen molar-refractivity contribution in [2.24, 2.45) is 0 Å². The Morgan fingerprint density at radius 1 is 1.00 bits per heavy atom. The van der Waals surface area contributed by atoms with Crippen LogP contribution in [0.2, 0.25) is 0 Å². The Morgan fingerprint density at radius 2 is 1.57 bits per heavy atom. The number of nitrogens with one attached hydrogen (secondary N) is 3. The van der Waals surface area contributed by atoms with Gasteiger partial charge in [-0.3, -0.25) is 28.5 Å². The topological polar surface area (TPSA) is 178 Å². The summed E-state index contributed by atoms with van der Waals surface area (Å²) in [6.45, 7) is 2.33. The van der Waals surface area contributed by atoms with Gasteiger partial charge in [0.25, 0.3) is 13.1 Å². The number of aliphatic hydroxyl groups is 1. The van der Waals surface area contributed by atoms with Crippen LogP contribution in [-0.2, 0) is 28.2 Å². The number of aromatic amines is 1. The first-order valence-electron chi connectivity index (χ1n) is 18.0. The van der Waals surface area contributed by atoms with Crippen molar-refractivity contribution >= 4 is 19.4 Å². The molecular formula is C38H56FN4O9P. The van der Waals surface area contributed by atoms with E-state index >= 15 is 4.39 Å². The Balaban J connectivity index is 1.70. The van der Waals surface area contributed by atoms with Gasteiger partial charge in [-0.05, 0) is 58.3 Å². The average molecular weight is 763 g/mol. The van der Waals surface area contributed by atoms with Crippen molar-refractivity contribution in [2.45, 2.75) is 95.7 Å². The Kier molecular flexibility index (Phi) is 21.5. The van der Waals surface area contributed by atoms with E-state index in [2.05, 4.69) is 82.8 Å². The molecule has 0 saturated carbocycles. The number of hydrogen-bond acceptors (Lipinski definition) is 9. The maximum absolute atomic E-state index is 15.5. The second kappa shape index (κ2) is 25.1. The fourth-order valence-corrected chi connectivity index (χ4v) is 6.77. The van der Waals surface area contributed by atoms with Gasteiger partial charge in [-0.2, -0.15) is 0 Å². The number of aromatic nitrogens is 2. The van der Waals surface area contributed by atoms with Gasteiger partial charge in [0.2, 0.25) is 5.91 Å². The molecule has 1 aliphatic heterocycles. The van der Waals surface area contributed by atoms with E-state index < -0.39 is 62.0 Å². The Hall–Kier alpha value is -3.94. The maximum atomic E-state index is 15.5. The van der Waals surface area contributed by atoms with Crippen LogP contribution in [0.1, 0.15) is 77.9 Å². The number of halogens is 1. The third-order valence-corrected chi connectivity index (χ3v) is 10.2. The molecule has 1 fully saturated rings. The van der Waals surface area contributed by atoms with Gasteiger partial charge >= 0.3 is 11.7 Å². The van der Waals surface area contributed by atoms with Crippen molar-refractivity contribution < 1.29 is 37.6 Å². The predicted molar refractivity (Wildman–Crippen MR) is 204 cm³/mol. The maximum Gasteiger partial charge on any atom is 0.330 e. The monoisotopic (exact) mass is 762 g/mol. The van der Waals surface area contributed by atoms with Crippen molar-refractivity contribution in [3.8, 4) is 0 Å². The smallest absolute Gasteiger partial charge is 0.330 e. The summed E-state index contributed by atoms with van der Waals surface area (Å²) in [4.78, 5) is 49.7. The molecule has 0 spiro atoms. The third-order valence-electron chi connectivity index (χ3n) is 8.05. The zero-order chi connectivity index (χ0) is 39.0. The van der Waals surface area contributed by atoms with Crippen LogP contribution in [0, 0.1) is 0 Å². The molecule has 1 amide bonds. The number of nitrogens with zero attached hydrogens (tertiary/aromatic N) is 1. The van der Waals surface area contributed by atoms with Gasteiger partial charge < -0.3 is 24.4 Å². The molecule has 294 valence electrons. The van der Waals surface area contributed by atoms with Gasteiger partial charge in [-0.15, -0.1) is 0 Å². The Morgan fingerprint density at radius 3 is 2.11 bits per heavy atom. The number of aliphatic hydroxyl groups excluding tert-OH is 1. The number of rotatable bonds is 25. The number of carbonyl (C=O) groups excluding carboxylic acids is 2. The van der Waals surface area contributed by atoms with Gasteiger partial charge in [0.1, 0.15) is 18.8 Å². The van der Waals surface area contributed by atoms with Crippen molar-refractivity contribution in [1.82, 2.24) is 20.0 Å². The minimum absolute atomic E-state index is 0.115. The lowest BCUT2D eigenvalue weighted by Gasteiger charge is -2.24. The van der Waals surface area contributed by atoms with Gasteiger partial charge in [0.15, 0.2) is 11.9 Å². The normalized spacial score (nSPS) is 21.9. The molecule has 53 heavy (non-hydrogen) atoms. The summed E-state index contributed by atoms with van der Waals surface area (Å²) < 4.78 is 45.7. The van der Waals surface area contributed by atoms with Crippen LogP contribution >= 0.6 is 7.52 Å². The SMILES string of the molecule is CC/C=C\C/C=C\C/C=C\C/C=C\C/C=C\C/C=C\CCC(=O)NCCCP(=O)(NCC(=O)OC)OC[C@H]1OC(n2ccc(=O)[nH]c2=O)[C@](C)(F)[C@@H]1O. The Labute approximate surface area is 311 Å². The fraction of sp³-hybridized carbons (Fsp3) is 0.526. The number of allylic oxidation sites excluding steroid dienone is 12. The molecule has 1 aliphatic rings. The molecule has 1 aromatic heterocycles. The van der Waals surface area contributed by atoms with Crippen molar-refractivity contribution in [3.05, 3.63) is 106 Å². The quantitative estimate of drug-likeness (QED) is 0.0432. The highest BCUT2D eigenvalue weighted by Crippen LogP contribution is 2.46. The highest BCUT2D eigenvalue weighted by Gasteiger charge is 2.55. The summed E-state index contributed by atoms with van der Waals surface area (Å²) in [6.07, 6.45) is 28.2. The average Bonchev–Trinajstić information content (AvgIpc) is 3.36. The lowest BCUT2D eigenvalue weighted by Crippen LogP contribution is -2.43. The molecule has 2 heterocycles. The van der Waals surface area contributed by atoms with E-state index in [-0.39, 0.29) is 31.5 Å². The molecule has 1 saturated heterocycles. The number of hydrogen-bond donors (Lipinski definition) is 4. The molecule has 2 unspecified atom stereocenters. The van der Waals surface area contributed by atoms with Crippen molar-refractivity contribution in [2.75, 3.05) is 33.0 Å². The van der Waals surface area contributed by atoms with E-state index in [4.69, 9.17) is 9.26 Å². The van der Waals surface area contributed by atoms with E-state index in [9.17, 15) is 28.8 Å². The molecule has 0 aliphatic carbocycles. The fourth-order valence-electron chi connectivity index (χ4n) is 5.06. The number of methoxy groups -OCH3 is 1. The minimum atomic E-state index is -3.79. The molecular weight excluding hydrogens is 706 g/mol. The molecule has 13 nitrogen and oxygen atoms in total. The molecule has 15 heteroatoms. The van der Waals surface area contributed by atoms with Crippen LogP contribution in [0.5, 0.6) is 0 Å². The third kappa shape index (κ3) is 17.6. The summed E-state index contributed by atoms with van der Waals surface area (Å²) in [6, 6.07) is 1.01. The van der Waals surface area contributed by atoms with Crippen LogP contribution in [0.25, 0.3) is 0 Å². The van der Waals surface area contributed by atoms with Crippen molar-refractivity contribution in [1.29, 1.82) is 0 Å². The van der Waals surface area contributed by atoms with Crippen LogP contribution in [-0.4, -0.2) is 77.4 Å². The van der Waals surface area contributed by atoms with Crippen LogP contribution in [0.3, 0.4) is 0 Å². The zero-order valence-electron chi connectivity index (χ0n) is 31.0. The summed E-state index contributed by atoms with van der Waals surface area (Å²) in [5.74, 6) is -0.890. The first kappa shape index (κ1) is 45.2. The predicted octanol–water partition coefficient (Wildman–Crippen LogP) is 5.48. The summed E-state index contributed by atoms with van der Waals surface area (Å²) >= 11 is 0. The van der Waals surface area contributed by atoms with Gasteiger partial charge in [0.05, 0.1) is 13.7 Å². The zero-order valence-corrected chi connectivity index (χ0v) is 31.9. The molecule has 0 aromatic carbocycles. The summed E-state index contributed by atoms with van der Waals surface area (Å²) in [7, 11) is -2.63. The van der Waals surface area contributed by atoms with Crippen LogP contribution in [0.4, 0.5) is 4.39 Å². The summed E-state index contributed by atoms with van der Waals surface area (Å²) in [5.41, 5.74) is -4.11. The molecule has 4 N–H and O–H groups in total. The molecule has 0 bridgehead atoms. The number of esters is 1. The molecule has 1 aromatic rings. The minimum Gasteiger partial charge on any atom is -0.468 e. The lowest BCUT2D eigenvalue weighted by atomic mass is 9.98. The molecule has 2 rings (SSSR count). The number of H-pyrrole nitrogens is 1.